The van der Waals surface area contributed by atoms with Crippen LogP contribution in [0.3, 0.4) is 0 Å². The number of carbonyl (C=O) groups is 3. The predicted molar refractivity (Wildman–Crippen MR) is 81.3 cm³/mol. The minimum atomic E-state index is -0.547. The summed E-state index contributed by atoms with van der Waals surface area (Å²) in [5.74, 6) is -0.992. The summed E-state index contributed by atoms with van der Waals surface area (Å²) in [5, 5.41) is 4.96. The molecule has 23 heavy (non-hydrogen) atoms. The number of benzene rings is 1. The molecule has 0 fully saturated rings. The van der Waals surface area contributed by atoms with Crippen molar-refractivity contribution < 1.29 is 23.9 Å². The molecule has 7 heteroatoms. The number of esters is 2. The SMILES string of the molecule is CCOC(=O)C1=C(COC(=O)Cc2ccccc2)NC(=O)NC1. The van der Waals surface area contributed by atoms with Gasteiger partial charge in [0.25, 0.3) is 0 Å². The molecule has 1 aliphatic heterocycles. The van der Waals surface area contributed by atoms with Crippen molar-refractivity contribution in [3.63, 3.8) is 0 Å². The third-order valence-electron chi connectivity index (χ3n) is 3.15. The molecule has 0 aromatic heterocycles. The maximum atomic E-state index is 11.8. The van der Waals surface area contributed by atoms with E-state index in [0.717, 1.165) is 5.56 Å². The predicted octanol–water partition coefficient (Wildman–Crippen LogP) is 0.902. The van der Waals surface area contributed by atoms with E-state index in [0.29, 0.717) is 0 Å². The number of amides is 2. The zero-order valence-electron chi connectivity index (χ0n) is 12.8. The first kappa shape index (κ1) is 16.5. The molecule has 2 rings (SSSR count). The Morgan fingerprint density at radius 1 is 1.17 bits per heavy atom. The third kappa shape index (κ3) is 4.84. The van der Waals surface area contributed by atoms with Crippen molar-refractivity contribution in [2.45, 2.75) is 13.3 Å². The van der Waals surface area contributed by atoms with Gasteiger partial charge in [-0.15, -0.1) is 0 Å². The van der Waals surface area contributed by atoms with Gasteiger partial charge in [-0.2, -0.15) is 0 Å². The highest BCUT2D eigenvalue weighted by molar-refractivity contribution is 5.93. The number of hydrogen-bond acceptors (Lipinski definition) is 5. The lowest BCUT2D eigenvalue weighted by molar-refractivity contribution is -0.143. The van der Waals surface area contributed by atoms with Crippen LogP contribution in [0, 0.1) is 0 Å². The smallest absolute Gasteiger partial charge is 0.337 e. The minimum absolute atomic E-state index is 0.0379. The van der Waals surface area contributed by atoms with E-state index >= 15 is 0 Å². The van der Waals surface area contributed by atoms with Gasteiger partial charge in [-0.3, -0.25) is 4.79 Å². The molecule has 0 aliphatic carbocycles. The molecule has 2 amide bonds. The van der Waals surface area contributed by atoms with Crippen LogP contribution < -0.4 is 10.6 Å². The quantitative estimate of drug-likeness (QED) is 0.760. The molecule has 0 bridgehead atoms. The van der Waals surface area contributed by atoms with Gasteiger partial charge in [-0.25, -0.2) is 9.59 Å². The van der Waals surface area contributed by atoms with Crippen LogP contribution in [0.25, 0.3) is 0 Å². The summed E-state index contributed by atoms with van der Waals surface area (Å²) in [5.41, 5.74) is 1.32. The topological polar surface area (TPSA) is 93.7 Å². The molecular formula is C16H18N2O5. The first-order valence-electron chi connectivity index (χ1n) is 7.23. The lowest BCUT2D eigenvalue weighted by Crippen LogP contribution is -2.45. The van der Waals surface area contributed by atoms with Gasteiger partial charge in [0.15, 0.2) is 0 Å². The standard InChI is InChI=1S/C16H18N2O5/c1-2-22-15(20)12-9-17-16(21)18-13(12)10-23-14(19)8-11-6-4-3-5-7-11/h3-7H,2,8-10H2,1H3,(H2,17,18,21). The molecule has 0 saturated carbocycles. The van der Waals surface area contributed by atoms with Crippen molar-refractivity contribution in [2.24, 2.45) is 0 Å². The molecule has 2 N–H and O–H groups in total. The maximum Gasteiger partial charge on any atom is 0.337 e. The van der Waals surface area contributed by atoms with Crippen LogP contribution in [0.5, 0.6) is 0 Å². The van der Waals surface area contributed by atoms with Gasteiger partial charge < -0.3 is 20.1 Å². The Balaban J connectivity index is 1.98. The summed E-state index contributed by atoms with van der Waals surface area (Å²) >= 11 is 0. The van der Waals surface area contributed by atoms with Crippen LogP contribution in [0.15, 0.2) is 41.6 Å². The molecule has 7 nitrogen and oxygen atoms in total. The van der Waals surface area contributed by atoms with E-state index < -0.39 is 18.0 Å². The van der Waals surface area contributed by atoms with E-state index in [2.05, 4.69) is 10.6 Å². The Hall–Kier alpha value is -2.83. The number of ether oxygens (including phenoxy) is 2. The van der Waals surface area contributed by atoms with Crippen LogP contribution >= 0.6 is 0 Å². The summed E-state index contributed by atoms with van der Waals surface area (Å²) in [7, 11) is 0. The summed E-state index contributed by atoms with van der Waals surface area (Å²) in [6, 6.07) is 8.70. The number of urea groups is 1. The highest BCUT2D eigenvalue weighted by Gasteiger charge is 2.24. The van der Waals surface area contributed by atoms with Crippen LogP contribution in [0.4, 0.5) is 4.79 Å². The van der Waals surface area contributed by atoms with E-state index in [1.54, 1.807) is 6.92 Å². The normalized spacial score (nSPS) is 13.9. The van der Waals surface area contributed by atoms with E-state index in [9.17, 15) is 14.4 Å². The fourth-order valence-electron chi connectivity index (χ4n) is 2.04. The Bertz CT molecular complexity index is 625. The fraction of sp³-hybridized carbons (Fsp3) is 0.312. The minimum Gasteiger partial charge on any atom is -0.463 e. The molecule has 0 radical (unpaired) electrons. The molecule has 1 heterocycles. The van der Waals surface area contributed by atoms with Crippen molar-refractivity contribution in [1.82, 2.24) is 10.6 Å². The van der Waals surface area contributed by atoms with Crippen LogP contribution in [0.2, 0.25) is 0 Å². The Kier molecular flexibility index (Phi) is 5.74. The van der Waals surface area contributed by atoms with Crippen molar-refractivity contribution in [1.29, 1.82) is 0 Å². The third-order valence-corrected chi connectivity index (χ3v) is 3.15. The zero-order chi connectivity index (χ0) is 16.7. The van der Waals surface area contributed by atoms with Crippen molar-refractivity contribution in [2.75, 3.05) is 19.8 Å². The number of rotatable bonds is 6. The maximum absolute atomic E-state index is 11.8. The molecule has 0 saturated heterocycles. The second-order valence-corrected chi connectivity index (χ2v) is 4.81. The highest BCUT2D eigenvalue weighted by Crippen LogP contribution is 2.09. The first-order valence-corrected chi connectivity index (χ1v) is 7.23. The van der Waals surface area contributed by atoms with E-state index in [4.69, 9.17) is 9.47 Å². The average Bonchev–Trinajstić information content (AvgIpc) is 2.54. The first-order chi connectivity index (χ1) is 11.1. The number of nitrogens with one attached hydrogen (secondary N) is 2. The van der Waals surface area contributed by atoms with Gasteiger partial charge in [0.05, 0.1) is 30.8 Å². The van der Waals surface area contributed by atoms with Gasteiger partial charge in [0, 0.05) is 0 Å². The van der Waals surface area contributed by atoms with Crippen molar-refractivity contribution >= 4 is 18.0 Å². The van der Waals surface area contributed by atoms with Gasteiger partial charge in [-0.05, 0) is 12.5 Å². The monoisotopic (exact) mass is 318 g/mol. The lowest BCUT2D eigenvalue weighted by Gasteiger charge is -2.21. The second kappa shape index (κ2) is 7.98. The molecule has 1 aromatic rings. The van der Waals surface area contributed by atoms with Gasteiger partial charge >= 0.3 is 18.0 Å². The number of carbonyl (C=O) groups excluding carboxylic acids is 3. The summed E-state index contributed by atoms with van der Waals surface area (Å²) in [4.78, 5) is 35.1. The molecule has 0 unspecified atom stereocenters. The molecule has 0 atom stereocenters. The molecule has 1 aromatic carbocycles. The van der Waals surface area contributed by atoms with E-state index in [1.165, 1.54) is 0 Å². The van der Waals surface area contributed by atoms with E-state index in [-0.39, 0.29) is 37.4 Å². The van der Waals surface area contributed by atoms with Gasteiger partial charge in [0.1, 0.15) is 6.61 Å². The molecule has 122 valence electrons. The summed E-state index contributed by atoms with van der Waals surface area (Å²) < 4.78 is 10.1. The summed E-state index contributed by atoms with van der Waals surface area (Å²) in [6.07, 6.45) is 0.120. The van der Waals surface area contributed by atoms with Crippen LogP contribution in [0.1, 0.15) is 12.5 Å². The van der Waals surface area contributed by atoms with Gasteiger partial charge in [-0.1, -0.05) is 30.3 Å². The Morgan fingerprint density at radius 2 is 1.91 bits per heavy atom. The van der Waals surface area contributed by atoms with Crippen LogP contribution in [-0.2, 0) is 25.5 Å². The zero-order valence-corrected chi connectivity index (χ0v) is 12.8. The fourth-order valence-corrected chi connectivity index (χ4v) is 2.04. The molecule has 1 aliphatic rings. The average molecular weight is 318 g/mol. The second-order valence-electron chi connectivity index (χ2n) is 4.81. The van der Waals surface area contributed by atoms with Crippen molar-refractivity contribution in [3.8, 4) is 0 Å². The number of hydrogen-bond donors (Lipinski definition) is 2. The van der Waals surface area contributed by atoms with E-state index in [1.807, 2.05) is 30.3 Å². The lowest BCUT2D eigenvalue weighted by atomic mass is 10.1. The van der Waals surface area contributed by atoms with Crippen LogP contribution in [-0.4, -0.2) is 37.7 Å². The van der Waals surface area contributed by atoms with Crippen molar-refractivity contribution in [3.05, 3.63) is 47.2 Å². The molecular weight excluding hydrogens is 300 g/mol. The summed E-state index contributed by atoms with van der Waals surface area (Å²) in [6.45, 7) is 1.76. The largest absolute Gasteiger partial charge is 0.463 e. The van der Waals surface area contributed by atoms with Gasteiger partial charge in [0.2, 0.25) is 0 Å². The highest BCUT2D eigenvalue weighted by atomic mass is 16.5. The Labute approximate surface area is 133 Å². The Morgan fingerprint density at radius 3 is 2.61 bits per heavy atom. The molecule has 0 spiro atoms.